The third-order valence-electron chi connectivity index (χ3n) is 2.89. The molecule has 0 atom stereocenters. The minimum atomic E-state index is -0.331. The quantitative estimate of drug-likeness (QED) is 0.765. The Kier molecular flexibility index (Phi) is 7.55. The summed E-state index contributed by atoms with van der Waals surface area (Å²) in [5, 5.41) is 5.40. The topological polar surface area (TPSA) is 76.7 Å². The van der Waals surface area contributed by atoms with Gasteiger partial charge in [-0.1, -0.05) is 6.92 Å². The van der Waals surface area contributed by atoms with Gasteiger partial charge in [0.05, 0.1) is 19.8 Å². The second-order valence-corrected chi connectivity index (χ2v) is 6.42. The zero-order valence-electron chi connectivity index (χ0n) is 15.2. The van der Waals surface area contributed by atoms with E-state index in [1.165, 1.54) is 0 Å². The molecule has 24 heavy (non-hydrogen) atoms. The molecule has 0 spiro atoms. The number of nitrogens with one attached hydrogen (secondary N) is 2. The Bertz CT molecular complexity index is 565. The SMILES string of the molecule is CCCOc1ccc(C(=O)NCC(=O)NC(C)(C)C)cc1OCC. The lowest BCUT2D eigenvalue weighted by atomic mass is 10.1. The molecule has 0 unspecified atom stereocenters. The summed E-state index contributed by atoms with van der Waals surface area (Å²) >= 11 is 0. The first kappa shape index (κ1) is 19.8. The zero-order chi connectivity index (χ0) is 18.2. The first-order chi connectivity index (χ1) is 11.3. The van der Waals surface area contributed by atoms with Gasteiger partial charge in [-0.2, -0.15) is 0 Å². The van der Waals surface area contributed by atoms with Crippen molar-refractivity contribution in [1.29, 1.82) is 0 Å². The molecule has 0 aliphatic rings. The molecule has 0 aromatic heterocycles. The third-order valence-corrected chi connectivity index (χ3v) is 2.89. The average molecular weight is 336 g/mol. The summed E-state index contributed by atoms with van der Waals surface area (Å²) in [5.41, 5.74) is 0.0910. The smallest absolute Gasteiger partial charge is 0.251 e. The Morgan fingerprint density at radius 3 is 2.38 bits per heavy atom. The van der Waals surface area contributed by atoms with Crippen LogP contribution in [0.1, 0.15) is 51.4 Å². The van der Waals surface area contributed by atoms with Crippen LogP contribution in [0.4, 0.5) is 0 Å². The van der Waals surface area contributed by atoms with E-state index >= 15 is 0 Å². The number of rotatable bonds is 8. The molecule has 0 saturated heterocycles. The molecule has 0 saturated carbocycles. The number of ether oxygens (including phenoxy) is 2. The molecule has 2 amide bonds. The van der Waals surface area contributed by atoms with Crippen LogP contribution in [0.2, 0.25) is 0 Å². The highest BCUT2D eigenvalue weighted by Crippen LogP contribution is 2.28. The van der Waals surface area contributed by atoms with Crippen LogP contribution in [0.5, 0.6) is 11.5 Å². The van der Waals surface area contributed by atoms with E-state index in [1.54, 1.807) is 18.2 Å². The van der Waals surface area contributed by atoms with Crippen molar-refractivity contribution in [1.82, 2.24) is 10.6 Å². The first-order valence-corrected chi connectivity index (χ1v) is 8.25. The normalized spacial score (nSPS) is 10.9. The zero-order valence-corrected chi connectivity index (χ0v) is 15.2. The molecule has 0 radical (unpaired) electrons. The summed E-state index contributed by atoms with van der Waals surface area (Å²) in [6, 6.07) is 5.00. The summed E-state index contributed by atoms with van der Waals surface area (Å²) in [4.78, 5) is 24.0. The van der Waals surface area contributed by atoms with Gasteiger partial charge in [0.25, 0.3) is 5.91 Å². The Balaban J connectivity index is 2.73. The van der Waals surface area contributed by atoms with Crippen LogP contribution >= 0.6 is 0 Å². The van der Waals surface area contributed by atoms with Crippen LogP contribution < -0.4 is 20.1 Å². The molecule has 6 nitrogen and oxygen atoms in total. The van der Waals surface area contributed by atoms with Gasteiger partial charge in [-0.05, 0) is 52.3 Å². The molecule has 0 aliphatic heterocycles. The third kappa shape index (κ3) is 6.89. The van der Waals surface area contributed by atoms with Crippen LogP contribution in [0.3, 0.4) is 0 Å². The van der Waals surface area contributed by atoms with E-state index in [0.717, 1.165) is 6.42 Å². The second kappa shape index (κ2) is 9.15. The summed E-state index contributed by atoms with van der Waals surface area (Å²) in [6.45, 7) is 10.5. The molecule has 6 heteroatoms. The van der Waals surface area contributed by atoms with Crippen LogP contribution in [0, 0.1) is 0 Å². The maximum Gasteiger partial charge on any atom is 0.251 e. The van der Waals surface area contributed by atoms with Crippen molar-refractivity contribution < 1.29 is 19.1 Å². The molecule has 0 fully saturated rings. The van der Waals surface area contributed by atoms with E-state index in [4.69, 9.17) is 9.47 Å². The van der Waals surface area contributed by atoms with Crippen molar-refractivity contribution in [3.63, 3.8) is 0 Å². The average Bonchev–Trinajstić information content (AvgIpc) is 2.50. The molecular weight excluding hydrogens is 308 g/mol. The first-order valence-electron chi connectivity index (χ1n) is 8.25. The molecule has 2 N–H and O–H groups in total. The van der Waals surface area contributed by atoms with Crippen LogP contribution in [-0.2, 0) is 4.79 Å². The van der Waals surface area contributed by atoms with Crippen molar-refractivity contribution in [2.45, 2.75) is 46.6 Å². The number of carbonyl (C=O) groups is 2. The van der Waals surface area contributed by atoms with E-state index in [9.17, 15) is 9.59 Å². The van der Waals surface area contributed by atoms with Gasteiger partial charge >= 0.3 is 0 Å². The molecule has 0 aliphatic carbocycles. The Hall–Kier alpha value is -2.24. The lowest BCUT2D eigenvalue weighted by molar-refractivity contribution is -0.121. The van der Waals surface area contributed by atoms with E-state index in [1.807, 2.05) is 34.6 Å². The van der Waals surface area contributed by atoms with E-state index in [2.05, 4.69) is 10.6 Å². The largest absolute Gasteiger partial charge is 0.490 e. The van der Waals surface area contributed by atoms with E-state index < -0.39 is 0 Å². The molecule has 1 rings (SSSR count). The predicted molar refractivity (Wildman–Crippen MR) is 93.6 cm³/mol. The van der Waals surface area contributed by atoms with Crippen LogP contribution in [0.15, 0.2) is 18.2 Å². The lowest BCUT2D eigenvalue weighted by Crippen LogP contribution is -2.45. The Morgan fingerprint density at radius 2 is 1.79 bits per heavy atom. The van der Waals surface area contributed by atoms with Gasteiger partial charge in [0.15, 0.2) is 11.5 Å². The fourth-order valence-electron chi connectivity index (χ4n) is 1.97. The fourth-order valence-corrected chi connectivity index (χ4v) is 1.97. The highest BCUT2D eigenvalue weighted by molar-refractivity contribution is 5.97. The maximum absolute atomic E-state index is 12.2. The van der Waals surface area contributed by atoms with Gasteiger partial charge in [-0.3, -0.25) is 9.59 Å². The van der Waals surface area contributed by atoms with Gasteiger partial charge in [0.2, 0.25) is 5.91 Å². The van der Waals surface area contributed by atoms with Crippen molar-refractivity contribution in [3.8, 4) is 11.5 Å². The van der Waals surface area contributed by atoms with Crippen molar-refractivity contribution in [2.75, 3.05) is 19.8 Å². The van der Waals surface area contributed by atoms with Crippen molar-refractivity contribution in [2.24, 2.45) is 0 Å². The van der Waals surface area contributed by atoms with E-state index in [-0.39, 0.29) is 23.9 Å². The Morgan fingerprint density at radius 1 is 1.08 bits per heavy atom. The van der Waals surface area contributed by atoms with E-state index in [0.29, 0.717) is 30.3 Å². The van der Waals surface area contributed by atoms with Crippen LogP contribution in [-0.4, -0.2) is 37.1 Å². The molecule has 1 aromatic rings. The highest BCUT2D eigenvalue weighted by atomic mass is 16.5. The van der Waals surface area contributed by atoms with Gasteiger partial charge in [0.1, 0.15) is 0 Å². The standard InChI is InChI=1S/C18H28N2O4/c1-6-10-24-14-9-8-13(11-15(14)23-7-2)17(22)19-12-16(21)20-18(3,4)5/h8-9,11H,6-7,10,12H2,1-5H3,(H,19,22)(H,20,21). The number of benzene rings is 1. The highest BCUT2D eigenvalue weighted by Gasteiger charge is 2.16. The van der Waals surface area contributed by atoms with Gasteiger partial charge in [0, 0.05) is 11.1 Å². The predicted octanol–water partition coefficient (Wildman–Crippen LogP) is 2.52. The molecule has 134 valence electrons. The van der Waals surface area contributed by atoms with Gasteiger partial charge in [-0.15, -0.1) is 0 Å². The van der Waals surface area contributed by atoms with Crippen molar-refractivity contribution >= 4 is 11.8 Å². The monoisotopic (exact) mass is 336 g/mol. The minimum Gasteiger partial charge on any atom is -0.490 e. The second-order valence-electron chi connectivity index (χ2n) is 6.42. The minimum absolute atomic E-state index is 0.0752. The maximum atomic E-state index is 12.2. The fraction of sp³-hybridized carbons (Fsp3) is 0.556. The lowest BCUT2D eigenvalue weighted by Gasteiger charge is -2.20. The summed E-state index contributed by atoms with van der Waals surface area (Å²) in [6.07, 6.45) is 0.886. The number of amides is 2. The summed E-state index contributed by atoms with van der Waals surface area (Å²) in [7, 11) is 0. The Labute approximate surface area is 143 Å². The van der Waals surface area contributed by atoms with Crippen molar-refractivity contribution in [3.05, 3.63) is 23.8 Å². The number of hydrogen-bond donors (Lipinski definition) is 2. The van der Waals surface area contributed by atoms with Crippen LogP contribution in [0.25, 0.3) is 0 Å². The molecular formula is C18H28N2O4. The van der Waals surface area contributed by atoms with Gasteiger partial charge in [-0.25, -0.2) is 0 Å². The molecule has 0 bridgehead atoms. The summed E-state index contributed by atoms with van der Waals surface area (Å²) in [5.74, 6) is 0.573. The molecule has 1 aromatic carbocycles. The number of carbonyl (C=O) groups excluding carboxylic acids is 2. The summed E-state index contributed by atoms with van der Waals surface area (Å²) < 4.78 is 11.1. The van der Waals surface area contributed by atoms with Gasteiger partial charge < -0.3 is 20.1 Å². The number of hydrogen-bond acceptors (Lipinski definition) is 4. The molecule has 0 heterocycles.